The second-order valence-corrected chi connectivity index (χ2v) is 5.20. The summed E-state index contributed by atoms with van der Waals surface area (Å²) in [5, 5.41) is 3.25. The lowest BCUT2D eigenvalue weighted by molar-refractivity contribution is 0.292. The number of anilines is 2. The van der Waals surface area contributed by atoms with Crippen LogP contribution in [0.15, 0.2) is 0 Å². The van der Waals surface area contributed by atoms with E-state index in [-0.39, 0.29) is 5.95 Å². The van der Waals surface area contributed by atoms with Crippen molar-refractivity contribution in [1.29, 1.82) is 0 Å². The van der Waals surface area contributed by atoms with Crippen LogP contribution < -0.4 is 15.8 Å². The summed E-state index contributed by atoms with van der Waals surface area (Å²) < 4.78 is 5.39. The van der Waals surface area contributed by atoms with Gasteiger partial charge in [0, 0.05) is 6.54 Å². The fraction of sp³-hybridized carbons (Fsp3) is 0.769. The number of nitrogens with zero attached hydrogens (tertiary/aromatic N) is 3. The van der Waals surface area contributed by atoms with Gasteiger partial charge in [0.25, 0.3) is 0 Å². The lowest BCUT2D eigenvalue weighted by Crippen LogP contribution is -2.18. The first kappa shape index (κ1) is 13.8. The number of nitrogen functional groups attached to an aromatic ring is 1. The molecule has 6 heteroatoms. The van der Waals surface area contributed by atoms with E-state index >= 15 is 0 Å². The Labute approximate surface area is 114 Å². The second-order valence-electron chi connectivity index (χ2n) is 5.20. The molecule has 1 saturated carbocycles. The fourth-order valence-corrected chi connectivity index (χ4v) is 2.46. The largest absolute Gasteiger partial charge is 0.463 e. The highest BCUT2D eigenvalue weighted by molar-refractivity contribution is 5.32. The Morgan fingerprint density at radius 1 is 1.32 bits per heavy atom. The van der Waals surface area contributed by atoms with E-state index in [4.69, 9.17) is 10.5 Å². The van der Waals surface area contributed by atoms with Crippen LogP contribution in [0.3, 0.4) is 0 Å². The van der Waals surface area contributed by atoms with Gasteiger partial charge in [-0.05, 0) is 24.7 Å². The number of aromatic nitrogens is 3. The molecule has 1 heterocycles. The molecule has 0 radical (unpaired) electrons. The Hall–Kier alpha value is -1.59. The van der Waals surface area contributed by atoms with Gasteiger partial charge in [0.2, 0.25) is 11.9 Å². The van der Waals surface area contributed by atoms with Gasteiger partial charge in [-0.2, -0.15) is 15.0 Å². The number of hydrogen-bond donors (Lipinski definition) is 2. The summed E-state index contributed by atoms with van der Waals surface area (Å²) in [6.45, 7) is 5.81. The molecule has 1 aromatic rings. The molecule has 2 unspecified atom stereocenters. The zero-order valence-electron chi connectivity index (χ0n) is 11.7. The van der Waals surface area contributed by atoms with Crippen molar-refractivity contribution in [3.8, 4) is 6.01 Å². The predicted molar refractivity (Wildman–Crippen MR) is 75.0 cm³/mol. The van der Waals surface area contributed by atoms with E-state index in [1.807, 2.05) is 6.92 Å². The molecule has 1 aliphatic carbocycles. The van der Waals surface area contributed by atoms with Gasteiger partial charge in [0.05, 0.1) is 6.61 Å². The molecular formula is C13H23N5O. The van der Waals surface area contributed by atoms with Crippen molar-refractivity contribution < 1.29 is 4.74 Å². The quantitative estimate of drug-likeness (QED) is 0.819. The molecule has 0 bridgehead atoms. The minimum Gasteiger partial charge on any atom is -0.463 e. The molecule has 0 spiro atoms. The first-order valence-electron chi connectivity index (χ1n) is 7.07. The van der Waals surface area contributed by atoms with Crippen molar-refractivity contribution in [1.82, 2.24) is 15.0 Å². The van der Waals surface area contributed by atoms with Crippen LogP contribution in [0.5, 0.6) is 6.01 Å². The third-order valence-corrected chi connectivity index (χ3v) is 3.63. The summed E-state index contributed by atoms with van der Waals surface area (Å²) in [6.07, 6.45) is 4.82. The van der Waals surface area contributed by atoms with Crippen LogP contribution in [0.2, 0.25) is 0 Å². The summed E-state index contributed by atoms with van der Waals surface area (Å²) in [4.78, 5) is 12.3. The summed E-state index contributed by atoms with van der Waals surface area (Å²) >= 11 is 0. The molecule has 3 N–H and O–H groups in total. The Balaban J connectivity index is 1.93. The van der Waals surface area contributed by atoms with Crippen molar-refractivity contribution in [3.63, 3.8) is 0 Å². The molecule has 6 nitrogen and oxygen atoms in total. The second kappa shape index (κ2) is 6.54. The van der Waals surface area contributed by atoms with E-state index < -0.39 is 0 Å². The van der Waals surface area contributed by atoms with Gasteiger partial charge < -0.3 is 15.8 Å². The molecule has 2 rings (SSSR count). The highest BCUT2D eigenvalue weighted by atomic mass is 16.5. The molecule has 0 amide bonds. The first-order chi connectivity index (χ1) is 9.19. The van der Waals surface area contributed by atoms with E-state index in [1.165, 1.54) is 19.3 Å². The Morgan fingerprint density at radius 3 is 2.84 bits per heavy atom. The summed E-state index contributed by atoms with van der Waals surface area (Å²) in [6, 6.07) is 0.302. The van der Waals surface area contributed by atoms with Gasteiger partial charge in [-0.15, -0.1) is 0 Å². The molecule has 106 valence electrons. The Morgan fingerprint density at radius 2 is 2.16 bits per heavy atom. The van der Waals surface area contributed by atoms with Crippen LogP contribution in [0.25, 0.3) is 0 Å². The third kappa shape index (κ3) is 3.94. The van der Waals surface area contributed by atoms with Crippen LogP contribution in [0, 0.1) is 11.8 Å². The third-order valence-electron chi connectivity index (χ3n) is 3.63. The smallest absolute Gasteiger partial charge is 0.323 e. The van der Waals surface area contributed by atoms with Gasteiger partial charge in [-0.3, -0.25) is 0 Å². The maximum atomic E-state index is 5.66. The predicted octanol–water partition coefficient (Wildman–Crippen LogP) is 2.09. The van der Waals surface area contributed by atoms with Gasteiger partial charge >= 0.3 is 6.01 Å². The maximum Gasteiger partial charge on any atom is 0.323 e. The molecule has 0 aliphatic heterocycles. The summed E-state index contributed by atoms with van der Waals surface area (Å²) in [7, 11) is 0. The minimum absolute atomic E-state index is 0.197. The molecule has 1 fully saturated rings. The molecule has 1 aromatic heterocycles. The van der Waals surface area contributed by atoms with Crippen LogP contribution in [0.1, 0.15) is 39.5 Å². The number of nitrogens with two attached hydrogens (primary N) is 1. The summed E-state index contributed by atoms with van der Waals surface area (Å²) in [5.41, 5.74) is 5.66. The van der Waals surface area contributed by atoms with Crippen LogP contribution in [0.4, 0.5) is 11.9 Å². The van der Waals surface area contributed by atoms with Gasteiger partial charge in [-0.25, -0.2) is 0 Å². The Bertz CT molecular complexity index is 412. The zero-order valence-corrected chi connectivity index (χ0v) is 11.7. The first-order valence-corrected chi connectivity index (χ1v) is 7.07. The fourth-order valence-electron chi connectivity index (χ4n) is 2.46. The minimum atomic E-state index is 0.197. The highest BCUT2D eigenvalue weighted by Gasteiger charge is 2.23. The van der Waals surface area contributed by atoms with E-state index in [9.17, 15) is 0 Å². The number of rotatable bonds is 6. The number of ether oxygens (including phenoxy) is 1. The van der Waals surface area contributed by atoms with E-state index in [0.29, 0.717) is 24.5 Å². The normalized spacial score (nSPS) is 22.4. The lowest BCUT2D eigenvalue weighted by Gasteiger charge is -2.16. The average molecular weight is 265 g/mol. The maximum absolute atomic E-state index is 5.66. The monoisotopic (exact) mass is 265 g/mol. The van der Waals surface area contributed by atoms with Crippen LogP contribution in [-0.4, -0.2) is 28.1 Å². The molecule has 0 saturated heterocycles. The van der Waals surface area contributed by atoms with Gasteiger partial charge in [-0.1, -0.05) is 26.7 Å². The van der Waals surface area contributed by atoms with Crippen molar-refractivity contribution in [3.05, 3.63) is 0 Å². The zero-order chi connectivity index (χ0) is 13.7. The van der Waals surface area contributed by atoms with E-state index in [2.05, 4.69) is 27.2 Å². The number of nitrogens with one attached hydrogen (secondary N) is 1. The van der Waals surface area contributed by atoms with Crippen molar-refractivity contribution in [2.24, 2.45) is 11.8 Å². The molecule has 2 atom stereocenters. The SMILES string of the molecule is CCCOc1nc(N)nc(NCC2CCCC2C)n1. The Kier molecular flexibility index (Phi) is 4.76. The van der Waals surface area contributed by atoms with E-state index in [0.717, 1.165) is 18.9 Å². The van der Waals surface area contributed by atoms with Crippen LogP contribution in [-0.2, 0) is 0 Å². The molecular weight excluding hydrogens is 242 g/mol. The van der Waals surface area contributed by atoms with Crippen molar-refractivity contribution >= 4 is 11.9 Å². The van der Waals surface area contributed by atoms with Crippen LogP contribution >= 0.6 is 0 Å². The van der Waals surface area contributed by atoms with Gasteiger partial charge in [0.15, 0.2) is 0 Å². The molecule has 19 heavy (non-hydrogen) atoms. The standard InChI is InChI=1S/C13H23N5O/c1-3-7-19-13-17-11(14)16-12(18-13)15-8-10-6-4-5-9(10)2/h9-10H,3-8H2,1-2H3,(H3,14,15,16,17,18). The van der Waals surface area contributed by atoms with Crippen molar-refractivity contribution in [2.75, 3.05) is 24.2 Å². The number of hydrogen-bond acceptors (Lipinski definition) is 6. The van der Waals surface area contributed by atoms with Gasteiger partial charge in [0.1, 0.15) is 0 Å². The molecule has 0 aromatic carbocycles. The summed E-state index contributed by atoms with van der Waals surface area (Å²) in [5.74, 6) is 2.17. The average Bonchev–Trinajstić information content (AvgIpc) is 2.79. The highest BCUT2D eigenvalue weighted by Crippen LogP contribution is 2.31. The topological polar surface area (TPSA) is 86.0 Å². The van der Waals surface area contributed by atoms with E-state index in [1.54, 1.807) is 0 Å². The molecule has 1 aliphatic rings. The lowest BCUT2D eigenvalue weighted by atomic mass is 9.98. The van der Waals surface area contributed by atoms with Crippen molar-refractivity contribution in [2.45, 2.75) is 39.5 Å².